The highest BCUT2D eigenvalue weighted by molar-refractivity contribution is 8.00. The molecule has 9 nitrogen and oxygen atoms in total. The van der Waals surface area contributed by atoms with Crippen molar-refractivity contribution in [1.29, 1.82) is 0 Å². The van der Waals surface area contributed by atoms with Crippen LogP contribution < -0.4 is 20.7 Å². The highest BCUT2D eigenvalue weighted by atomic mass is 32.2. The van der Waals surface area contributed by atoms with E-state index >= 15 is 0 Å². The number of urea groups is 1. The molecule has 4 rings (SSSR count). The van der Waals surface area contributed by atoms with Crippen LogP contribution in [0.3, 0.4) is 0 Å². The lowest BCUT2D eigenvalue weighted by atomic mass is 9.97. The molecule has 0 bridgehead atoms. The molecule has 3 aromatic carbocycles. The van der Waals surface area contributed by atoms with Gasteiger partial charge in [0.2, 0.25) is 5.91 Å². The highest BCUT2D eigenvalue weighted by Gasteiger charge is 2.49. The van der Waals surface area contributed by atoms with Crippen molar-refractivity contribution in [3.8, 4) is 5.75 Å². The molecule has 1 fully saturated rings. The Kier molecular flexibility index (Phi) is 10.7. The van der Waals surface area contributed by atoms with Gasteiger partial charge in [-0.05, 0) is 75.1 Å². The van der Waals surface area contributed by atoms with Gasteiger partial charge in [0.25, 0.3) is 5.91 Å². The molecule has 0 spiro atoms. The Balaban J connectivity index is 1.49. The molecule has 3 unspecified atom stereocenters. The largest absolute Gasteiger partial charge is 0.494 e. The van der Waals surface area contributed by atoms with Crippen LogP contribution in [-0.4, -0.2) is 63.3 Å². The van der Waals surface area contributed by atoms with Crippen molar-refractivity contribution in [3.05, 3.63) is 95.6 Å². The molecule has 43 heavy (non-hydrogen) atoms. The summed E-state index contributed by atoms with van der Waals surface area (Å²) < 4.78 is 4.87. The number of hydrogen-bond acceptors (Lipinski definition) is 6. The number of anilines is 1. The molecule has 0 aromatic heterocycles. The molecule has 0 aliphatic carbocycles. The van der Waals surface area contributed by atoms with Crippen molar-refractivity contribution < 1.29 is 24.2 Å². The Morgan fingerprint density at radius 1 is 1.02 bits per heavy atom. The molecule has 1 saturated heterocycles. The lowest BCUT2D eigenvalue weighted by Gasteiger charge is -2.33. The number of benzene rings is 3. The van der Waals surface area contributed by atoms with Crippen LogP contribution >= 0.6 is 11.8 Å². The van der Waals surface area contributed by atoms with Crippen molar-refractivity contribution in [2.24, 2.45) is 0 Å². The number of nitrogens with one attached hydrogen (secondary N) is 3. The predicted molar refractivity (Wildman–Crippen MR) is 170 cm³/mol. The van der Waals surface area contributed by atoms with Crippen LogP contribution in [0.15, 0.2) is 78.9 Å². The van der Waals surface area contributed by atoms with E-state index in [0.717, 1.165) is 16.7 Å². The molecule has 3 aromatic rings. The number of hydrogen-bond donors (Lipinski definition) is 4. The van der Waals surface area contributed by atoms with E-state index in [0.29, 0.717) is 24.6 Å². The maximum atomic E-state index is 13.8. The summed E-state index contributed by atoms with van der Waals surface area (Å²) in [7, 11) is 0. The van der Waals surface area contributed by atoms with Crippen molar-refractivity contribution in [2.75, 3.05) is 17.8 Å². The lowest BCUT2D eigenvalue weighted by molar-refractivity contribution is -0.147. The quantitative estimate of drug-likeness (QED) is 0.256. The Labute approximate surface area is 257 Å². The van der Waals surface area contributed by atoms with Crippen molar-refractivity contribution in [1.82, 2.24) is 15.5 Å². The average Bonchev–Trinajstić information content (AvgIpc) is 3.32. The summed E-state index contributed by atoms with van der Waals surface area (Å²) in [5.41, 5.74) is 3.42. The molecule has 10 heteroatoms. The van der Waals surface area contributed by atoms with E-state index in [1.165, 1.54) is 16.7 Å². The summed E-state index contributed by atoms with van der Waals surface area (Å²) in [6.45, 7) is 8.56. The molecule has 1 aliphatic rings. The number of aryl methyl sites for hydroxylation is 1. The number of aliphatic hydroxyl groups excluding tert-OH is 1. The standard InChI is InChI=1S/C33H40N4O5S/c1-5-42-26-17-15-25(16-18-26)35-32(41)36-27(19-23-12-7-6-8-13-23)28(38)31(40)37-21-43-33(3,4)29(37)30(39)34-20-24-14-10-9-11-22(24)2/h6-18,27-29,38H,5,19-21H2,1-4H3,(H,34,39)(H2,35,36,41). The summed E-state index contributed by atoms with van der Waals surface area (Å²) in [6, 6.07) is 21.7. The van der Waals surface area contributed by atoms with E-state index in [1.807, 2.05) is 82.3 Å². The van der Waals surface area contributed by atoms with Crippen LogP contribution in [0.25, 0.3) is 0 Å². The van der Waals surface area contributed by atoms with E-state index < -0.39 is 34.9 Å². The van der Waals surface area contributed by atoms with Crippen LogP contribution in [0.1, 0.15) is 37.5 Å². The van der Waals surface area contributed by atoms with Gasteiger partial charge in [-0.3, -0.25) is 9.59 Å². The number of aliphatic hydroxyl groups is 1. The van der Waals surface area contributed by atoms with Gasteiger partial charge < -0.3 is 30.7 Å². The third-order valence-corrected chi connectivity index (χ3v) is 8.84. The van der Waals surface area contributed by atoms with E-state index in [-0.39, 0.29) is 18.2 Å². The summed E-state index contributed by atoms with van der Waals surface area (Å²) in [5, 5.41) is 20.0. The third kappa shape index (κ3) is 8.30. The number of carbonyl (C=O) groups excluding carboxylic acids is 3. The number of carbonyl (C=O) groups is 3. The molecular weight excluding hydrogens is 564 g/mol. The van der Waals surface area contributed by atoms with Crippen molar-refractivity contribution >= 4 is 35.3 Å². The topological polar surface area (TPSA) is 120 Å². The van der Waals surface area contributed by atoms with Gasteiger partial charge in [0.15, 0.2) is 6.10 Å². The Morgan fingerprint density at radius 2 is 1.70 bits per heavy atom. The minimum absolute atomic E-state index is 0.207. The highest BCUT2D eigenvalue weighted by Crippen LogP contribution is 2.40. The first-order chi connectivity index (χ1) is 20.6. The second-order valence-corrected chi connectivity index (χ2v) is 12.6. The fourth-order valence-electron chi connectivity index (χ4n) is 5.09. The molecular formula is C33H40N4O5S. The normalized spacial score (nSPS) is 17.0. The van der Waals surface area contributed by atoms with Gasteiger partial charge in [0, 0.05) is 17.0 Å². The Hall–Kier alpha value is -4.02. The Morgan fingerprint density at radius 3 is 2.37 bits per heavy atom. The lowest BCUT2D eigenvalue weighted by Crippen LogP contribution is -2.59. The molecule has 1 aliphatic heterocycles. The number of thioether (sulfide) groups is 1. The van der Waals surface area contributed by atoms with Crippen LogP contribution in [0.2, 0.25) is 0 Å². The third-order valence-electron chi connectivity index (χ3n) is 7.46. The van der Waals surface area contributed by atoms with Gasteiger partial charge in [0.05, 0.1) is 18.5 Å². The zero-order chi connectivity index (χ0) is 31.0. The number of nitrogens with zero attached hydrogens (tertiary/aromatic N) is 1. The van der Waals surface area contributed by atoms with Gasteiger partial charge in [-0.25, -0.2) is 4.79 Å². The first-order valence-corrected chi connectivity index (χ1v) is 15.4. The maximum absolute atomic E-state index is 13.8. The van der Waals surface area contributed by atoms with Gasteiger partial charge in [-0.2, -0.15) is 0 Å². The SMILES string of the molecule is CCOc1ccc(NC(=O)NC(Cc2ccccc2)C(O)C(=O)N2CSC(C)(C)C2C(=O)NCc2ccccc2C)cc1. The summed E-state index contributed by atoms with van der Waals surface area (Å²) >= 11 is 1.47. The van der Waals surface area contributed by atoms with E-state index in [9.17, 15) is 19.5 Å². The molecule has 0 radical (unpaired) electrons. The zero-order valence-corrected chi connectivity index (χ0v) is 25.8. The summed E-state index contributed by atoms with van der Waals surface area (Å²) in [4.78, 5) is 41.8. The smallest absolute Gasteiger partial charge is 0.319 e. The average molecular weight is 605 g/mol. The molecule has 228 valence electrons. The van der Waals surface area contributed by atoms with Crippen LogP contribution in [0, 0.1) is 6.92 Å². The molecule has 4 amide bonds. The fraction of sp³-hybridized carbons (Fsp3) is 0.364. The predicted octanol–water partition coefficient (Wildman–Crippen LogP) is 4.48. The van der Waals surface area contributed by atoms with E-state index in [4.69, 9.17) is 4.74 Å². The molecule has 3 atom stereocenters. The zero-order valence-electron chi connectivity index (χ0n) is 25.0. The van der Waals surface area contributed by atoms with E-state index in [1.54, 1.807) is 24.3 Å². The van der Waals surface area contributed by atoms with Crippen molar-refractivity contribution in [3.63, 3.8) is 0 Å². The van der Waals surface area contributed by atoms with Crippen molar-refractivity contribution in [2.45, 2.75) is 63.6 Å². The molecule has 0 saturated carbocycles. The second kappa shape index (κ2) is 14.4. The minimum Gasteiger partial charge on any atom is -0.494 e. The van der Waals surface area contributed by atoms with E-state index in [2.05, 4.69) is 16.0 Å². The summed E-state index contributed by atoms with van der Waals surface area (Å²) in [6.07, 6.45) is -1.38. The molecule has 4 N–H and O–H groups in total. The first kappa shape index (κ1) is 31.9. The van der Waals surface area contributed by atoms with Gasteiger partial charge in [0.1, 0.15) is 11.8 Å². The summed E-state index contributed by atoms with van der Waals surface area (Å²) in [5.74, 6) is 0.0123. The van der Waals surface area contributed by atoms with Crippen LogP contribution in [0.5, 0.6) is 5.75 Å². The van der Waals surface area contributed by atoms with Crippen LogP contribution in [-0.2, 0) is 22.6 Å². The number of amides is 4. The first-order valence-electron chi connectivity index (χ1n) is 14.4. The molecule has 1 heterocycles. The maximum Gasteiger partial charge on any atom is 0.319 e. The number of rotatable bonds is 11. The minimum atomic E-state index is -1.59. The van der Waals surface area contributed by atoms with Gasteiger partial charge in [-0.15, -0.1) is 11.8 Å². The monoisotopic (exact) mass is 604 g/mol. The number of ether oxygens (including phenoxy) is 1. The van der Waals surface area contributed by atoms with Gasteiger partial charge >= 0.3 is 6.03 Å². The fourth-order valence-corrected chi connectivity index (χ4v) is 6.23. The van der Waals surface area contributed by atoms with Gasteiger partial charge in [-0.1, -0.05) is 54.6 Å². The Bertz CT molecular complexity index is 1400. The second-order valence-electron chi connectivity index (χ2n) is 11.0. The van der Waals surface area contributed by atoms with Crippen LogP contribution in [0.4, 0.5) is 10.5 Å².